The second-order valence-electron chi connectivity index (χ2n) is 2.64. The van der Waals surface area contributed by atoms with E-state index in [2.05, 4.69) is 10.2 Å². The number of nitrogens with zero attached hydrogens (tertiary/aromatic N) is 3. The van der Waals surface area contributed by atoms with Gasteiger partial charge in [0, 0.05) is 6.20 Å². The molecule has 0 radical (unpaired) electrons. The van der Waals surface area contributed by atoms with Crippen LogP contribution in [0.5, 0.6) is 0 Å². The normalized spacial score (nSPS) is 10.6. The van der Waals surface area contributed by atoms with Crippen LogP contribution in [0.1, 0.15) is 10.4 Å². The Kier molecular flexibility index (Phi) is 2.12. The molecule has 1 N–H and O–H groups in total. The monoisotopic (exact) mass is 209 g/mol. The van der Waals surface area contributed by atoms with Crippen LogP contribution in [0.4, 0.5) is 0 Å². The third-order valence-corrected chi connectivity index (χ3v) is 2.44. The number of carboxylic acid groups (broad SMARTS) is 1. The number of hydrogen-bond donors (Lipinski definition) is 1. The molecule has 0 aromatic carbocycles. The Balaban J connectivity index is 2.67. The second-order valence-corrected chi connectivity index (χ2v) is 3.41. The number of aromatic nitrogens is 3. The predicted octanol–water partition coefficient (Wildman–Crippen LogP) is 1.15. The maximum absolute atomic E-state index is 10.7. The standard InChI is InChI=1S/C8H7N3O2S/c1-14-8-10-9-6-3-2-5(7(12)13)4-11(6)8/h2-4H,1H3,(H,12,13). The molecule has 6 heteroatoms. The van der Waals surface area contributed by atoms with Gasteiger partial charge in [-0.15, -0.1) is 10.2 Å². The highest BCUT2D eigenvalue weighted by Gasteiger charge is 2.07. The topological polar surface area (TPSA) is 67.5 Å². The average molecular weight is 209 g/mol. The molecule has 0 unspecified atom stereocenters. The van der Waals surface area contributed by atoms with Crippen LogP contribution in [0.2, 0.25) is 0 Å². The van der Waals surface area contributed by atoms with Gasteiger partial charge in [0.1, 0.15) is 0 Å². The Morgan fingerprint density at radius 2 is 2.29 bits per heavy atom. The maximum atomic E-state index is 10.7. The zero-order chi connectivity index (χ0) is 10.1. The van der Waals surface area contributed by atoms with Gasteiger partial charge in [0.2, 0.25) is 0 Å². The fourth-order valence-electron chi connectivity index (χ4n) is 1.14. The number of pyridine rings is 1. The summed E-state index contributed by atoms with van der Waals surface area (Å²) in [6.07, 6.45) is 3.38. The van der Waals surface area contributed by atoms with Gasteiger partial charge in [-0.2, -0.15) is 0 Å². The minimum Gasteiger partial charge on any atom is -0.478 e. The quantitative estimate of drug-likeness (QED) is 0.751. The summed E-state index contributed by atoms with van der Waals surface area (Å²) in [5.74, 6) is -0.951. The van der Waals surface area contributed by atoms with Crippen LogP contribution in [-0.2, 0) is 0 Å². The highest BCUT2D eigenvalue weighted by atomic mass is 32.2. The third kappa shape index (κ3) is 1.33. The van der Waals surface area contributed by atoms with Crippen LogP contribution in [0.25, 0.3) is 5.65 Å². The van der Waals surface area contributed by atoms with Crippen molar-refractivity contribution in [2.45, 2.75) is 5.16 Å². The largest absolute Gasteiger partial charge is 0.478 e. The number of hydrogen-bond acceptors (Lipinski definition) is 4. The fourth-order valence-corrected chi connectivity index (χ4v) is 1.60. The molecule has 5 nitrogen and oxygen atoms in total. The highest BCUT2D eigenvalue weighted by Crippen LogP contribution is 2.14. The van der Waals surface area contributed by atoms with Gasteiger partial charge < -0.3 is 5.11 Å². The zero-order valence-electron chi connectivity index (χ0n) is 7.34. The third-order valence-electron chi connectivity index (χ3n) is 1.80. The summed E-state index contributed by atoms with van der Waals surface area (Å²) in [5, 5.41) is 17.3. The van der Waals surface area contributed by atoms with Crippen molar-refractivity contribution in [2.24, 2.45) is 0 Å². The minimum absolute atomic E-state index is 0.229. The lowest BCUT2D eigenvalue weighted by atomic mass is 10.3. The fraction of sp³-hybridized carbons (Fsp3) is 0.125. The average Bonchev–Trinajstić information content (AvgIpc) is 2.59. The lowest BCUT2D eigenvalue weighted by Gasteiger charge is -1.97. The van der Waals surface area contributed by atoms with E-state index in [1.54, 1.807) is 10.5 Å². The summed E-state index contributed by atoms with van der Waals surface area (Å²) in [7, 11) is 0. The van der Waals surface area contributed by atoms with E-state index in [9.17, 15) is 4.79 Å². The van der Waals surface area contributed by atoms with Gasteiger partial charge in [-0.1, -0.05) is 11.8 Å². The van der Waals surface area contributed by atoms with Gasteiger partial charge in [-0.05, 0) is 18.4 Å². The number of carboxylic acids is 1. The van der Waals surface area contributed by atoms with Crippen molar-refractivity contribution in [1.82, 2.24) is 14.6 Å². The van der Waals surface area contributed by atoms with Gasteiger partial charge in [0.05, 0.1) is 5.56 Å². The first-order valence-electron chi connectivity index (χ1n) is 3.84. The molecular formula is C8H7N3O2S. The van der Waals surface area contributed by atoms with E-state index < -0.39 is 5.97 Å². The lowest BCUT2D eigenvalue weighted by molar-refractivity contribution is 0.0696. The number of thioether (sulfide) groups is 1. The molecule has 0 aliphatic carbocycles. The van der Waals surface area contributed by atoms with Crippen molar-refractivity contribution in [3.05, 3.63) is 23.9 Å². The van der Waals surface area contributed by atoms with E-state index in [1.165, 1.54) is 24.0 Å². The van der Waals surface area contributed by atoms with Crippen LogP contribution >= 0.6 is 11.8 Å². The molecule has 0 atom stereocenters. The van der Waals surface area contributed by atoms with Crippen molar-refractivity contribution in [2.75, 3.05) is 6.26 Å². The van der Waals surface area contributed by atoms with E-state index >= 15 is 0 Å². The summed E-state index contributed by atoms with van der Waals surface area (Å²) in [4.78, 5) is 10.7. The van der Waals surface area contributed by atoms with E-state index in [4.69, 9.17) is 5.11 Å². The summed E-state index contributed by atoms with van der Waals surface area (Å²) >= 11 is 1.42. The van der Waals surface area contributed by atoms with Crippen LogP contribution in [0.3, 0.4) is 0 Å². The number of carbonyl (C=O) groups is 1. The molecule has 2 aromatic heterocycles. The molecule has 0 bridgehead atoms. The Hall–Kier alpha value is -1.56. The molecule has 0 amide bonds. The first-order valence-corrected chi connectivity index (χ1v) is 5.07. The second kappa shape index (κ2) is 3.30. The maximum Gasteiger partial charge on any atom is 0.337 e. The first kappa shape index (κ1) is 9.01. The smallest absolute Gasteiger partial charge is 0.337 e. The molecule has 2 rings (SSSR count). The van der Waals surface area contributed by atoms with Crippen LogP contribution in [-0.4, -0.2) is 31.9 Å². The lowest BCUT2D eigenvalue weighted by Crippen LogP contribution is -1.99. The van der Waals surface area contributed by atoms with Crippen molar-refractivity contribution in [3.8, 4) is 0 Å². The zero-order valence-corrected chi connectivity index (χ0v) is 8.15. The predicted molar refractivity (Wildman–Crippen MR) is 51.7 cm³/mol. The van der Waals surface area contributed by atoms with Crippen molar-refractivity contribution in [3.63, 3.8) is 0 Å². The first-order chi connectivity index (χ1) is 6.72. The number of fused-ring (bicyclic) bond motifs is 1. The summed E-state index contributed by atoms with van der Waals surface area (Å²) in [6, 6.07) is 3.15. The molecule has 72 valence electrons. The van der Waals surface area contributed by atoms with Gasteiger partial charge >= 0.3 is 5.97 Å². The molecule has 0 aliphatic heterocycles. The van der Waals surface area contributed by atoms with E-state index in [0.717, 1.165) is 0 Å². The number of aromatic carboxylic acids is 1. The van der Waals surface area contributed by atoms with Gasteiger partial charge in [-0.25, -0.2) is 4.79 Å². The van der Waals surface area contributed by atoms with Gasteiger partial charge in [0.15, 0.2) is 10.8 Å². The highest BCUT2D eigenvalue weighted by molar-refractivity contribution is 7.98. The van der Waals surface area contributed by atoms with Crippen molar-refractivity contribution in [1.29, 1.82) is 0 Å². The van der Waals surface area contributed by atoms with Crippen LogP contribution in [0, 0.1) is 0 Å². The Morgan fingerprint density at radius 1 is 1.50 bits per heavy atom. The molecule has 0 aliphatic rings. The number of rotatable bonds is 2. The van der Waals surface area contributed by atoms with Gasteiger partial charge in [-0.3, -0.25) is 4.40 Å². The molecule has 2 heterocycles. The minimum atomic E-state index is -0.951. The molecule has 2 aromatic rings. The SMILES string of the molecule is CSc1nnc2ccc(C(=O)O)cn12. The summed E-state index contributed by atoms with van der Waals surface area (Å²) in [5.41, 5.74) is 0.881. The summed E-state index contributed by atoms with van der Waals surface area (Å²) in [6.45, 7) is 0. The molecule has 0 spiro atoms. The van der Waals surface area contributed by atoms with Crippen molar-refractivity contribution < 1.29 is 9.90 Å². The Morgan fingerprint density at radius 3 is 2.93 bits per heavy atom. The van der Waals surface area contributed by atoms with Crippen LogP contribution in [0.15, 0.2) is 23.5 Å². The molecular weight excluding hydrogens is 202 g/mol. The van der Waals surface area contributed by atoms with Crippen molar-refractivity contribution >= 4 is 23.4 Å². The molecule has 14 heavy (non-hydrogen) atoms. The molecule has 0 saturated heterocycles. The molecule has 0 saturated carbocycles. The Bertz CT molecular complexity index is 494. The van der Waals surface area contributed by atoms with E-state index in [0.29, 0.717) is 10.8 Å². The Labute approximate surface area is 83.8 Å². The molecule has 0 fully saturated rings. The van der Waals surface area contributed by atoms with E-state index in [-0.39, 0.29) is 5.56 Å². The summed E-state index contributed by atoms with van der Waals surface area (Å²) < 4.78 is 1.66. The van der Waals surface area contributed by atoms with Gasteiger partial charge in [0.25, 0.3) is 0 Å². The van der Waals surface area contributed by atoms with E-state index in [1.807, 2.05) is 6.26 Å². The van der Waals surface area contributed by atoms with Crippen LogP contribution < -0.4 is 0 Å².